The molecule has 216 valence electrons. The lowest BCUT2D eigenvalue weighted by Gasteiger charge is -2.15. The molecule has 0 aliphatic rings. The highest BCUT2D eigenvalue weighted by Crippen LogP contribution is 2.36. The molecular formula is C28H18F8N6. The van der Waals surface area contributed by atoms with Crippen molar-refractivity contribution in [3.8, 4) is 22.5 Å². The Morgan fingerprint density at radius 2 is 1.10 bits per heavy atom. The molecule has 0 spiro atoms. The summed E-state index contributed by atoms with van der Waals surface area (Å²) in [6.45, 7) is 0. The first kappa shape index (κ1) is 29.8. The Balaban J connectivity index is 0.000000201. The summed E-state index contributed by atoms with van der Waals surface area (Å²) in [6.07, 6.45) is -4.91. The highest BCUT2D eigenvalue weighted by molar-refractivity contribution is 5.67. The Hall–Kier alpha value is -5.14. The molecule has 0 fully saturated rings. The van der Waals surface area contributed by atoms with E-state index in [9.17, 15) is 35.1 Å². The first-order valence-corrected chi connectivity index (χ1v) is 11.8. The number of rotatable bonds is 4. The first-order chi connectivity index (χ1) is 19.8. The number of pyridine rings is 4. The van der Waals surface area contributed by atoms with Crippen LogP contribution in [0.25, 0.3) is 22.5 Å². The normalized spacial score (nSPS) is 11.4. The maximum Gasteiger partial charge on any atom is 0.435 e. The summed E-state index contributed by atoms with van der Waals surface area (Å²) in [4.78, 5) is 14.2. The van der Waals surface area contributed by atoms with Gasteiger partial charge in [-0.05, 0) is 48.5 Å². The fraction of sp³-hybridized carbons (Fsp3) is 0.0714. The molecule has 0 saturated carbocycles. The van der Waals surface area contributed by atoms with E-state index in [0.29, 0.717) is 5.69 Å². The van der Waals surface area contributed by atoms with Gasteiger partial charge in [0.1, 0.15) is 11.6 Å². The summed E-state index contributed by atoms with van der Waals surface area (Å²) in [5.41, 5.74) is 3.08. The zero-order valence-electron chi connectivity index (χ0n) is 21.1. The van der Waals surface area contributed by atoms with E-state index in [1.54, 1.807) is 30.3 Å². The highest BCUT2D eigenvalue weighted by atomic mass is 19.4. The Kier molecular flexibility index (Phi) is 8.64. The van der Waals surface area contributed by atoms with Gasteiger partial charge in [-0.3, -0.25) is 9.97 Å². The van der Waals surface area contributed by atoms with E-state index in [-0.39, 0.29) is 28.2 Å². The van der Waals surface area contributed by atoms with Gasteiger partial charge >= 0.3 is 12.4 Å². The van der Waals surface area contributed by atoms with Gasteiger partial charge < -0.3 is 11.1 Å². The van der Waals surface area contributed by atoms with E-state index in [0.717, 1.165) is 30.6 Å². The maximum absolute atomic E-state index is 13.3. The smallest absolute Gasteiger partial charge is 0.397 e. The molecule has 3 N–H and O–H groups in total. The fourth-order valence-electron chi connectivity index (χ4n) is 3.58. The number of hydrogen-bond acceptors (Lipinski definition) is 6. The number of para-hydroxylation sites is 1. The largest absolute Gasteiger partial charge is 0.435 e. The van der Waals surface area contributed by atoms with Gasteiger partial charge in [0.15, 0.2) is 11.4 Å². The van der Waals surface area contributed by atoms with Crippen LogP contribution in [-0.2, 0) is 12.4 Å². The van der Waals surface area contributed by atoms with Crippen LogP contribution < -0.4 is 11.1 Å². The molecule has 4 heterocycles. The number of nitrogen functional groups attached to an aromatic ring is 1. The molecule has 0 amide bonds. The lowest BCUT2D eigenvalue weighted by atomic mass is 10.1. The van der Waals surface area contributed by atoms with Crippen molar-refractivity contribution in [1.29, 1.82) is 0 Å². The Morgan fingerprint density at radius 3 is 1.60 bits per heavy atom. The van der Waals surface area contributed by atoms with Gasteiger partial charge in [0.25, 0.3) is 0 Å². The van der Waals surface area contributed by atoms with Gasteiger partial charge in [-0.15, -0.1) is 0 Å². The number of aromatic nitrogens is 4. The number of benzene rings is 1. The zero-order chi connectivity index (χ0) is 30.5. The molecule has 14 heteroatoms. The second-order valence-corrected chi connectivity index (χ2v) is 8.50. The summed E-state index contributed by atoms with van der Waals surface area (Å²) in [7, 11) is 0. The molecule has 0 unspecified atom stereocenters. The Labute approximate surface area is 232 Å². The van der Waals surface area contributed by atoms with Crippen molar-refractivity contribution in [2.45, 2.75) is 12.4 Å². The summed E-state index contributed by atoms with van der Waals surface area (Å²) in [5.74, 6) is -1.30. The molecule has 5 aromatic rings. The molecule has 0 aliphatic heterocycles. The second kappa shape index (κ2) is 12.2. The van der Waals surface area contributed by atoms with Crippen molar-refractivity contribution in [2.24, 2.45) is 0 Å². The van der Waals surface area contributed by atoms with E-state index in [4.69, 9.17) is 5.73 Å². The van der Waals surface area contributed by atoms with E-state index in [1.807, 2.05) is 0 Å². The van der Waals surface area contributed by atoms with Gasteiger partial charge in [0.05, 0.1) is 35.2 Å². The summed E-state index contributed by atoms with van der Waals surface area (Å²) < 4.78 is 104. The molecule has 6 nitrogen and oxygen atoms in total. The van der Waals surface area contributed by atoms with Gasteiger partial charge in [0, 0.05) is 29.2 Å². The van der Waals surface area contributed by atoms with Crippen LogP contribution in [0, 0.1) is 11.6 Å². The third-order valence-corrected chi connectivity index (χ3v) is 5.41. The molecule has 0 bridgehead atoms. The standard InChI is InChI=1S/C17H11F4N3.C11H7F4N3/c18-12-8-11(9-22-10-12)14-6-7-15(16(24-14)17(19,20)21)23-13-4-2-1-3-5-13;12-7-3-6(4-17-5-7)9-2-1-8(16)10(18-9)11(13,14)15/h1-10,23H;1-5H,16H2. The lowest BCUT2D eigenvalue weighted by molar-refractivity contribution is -0.141. The van der Waals surface area contributed by atoms with Crippen LogP contribution in [0.15, 0.2) is 91.5 Å². The minimum Gasteiger partial charge on any atom is -0.397 e. The van der Waals surface area contributed by atoms with Crippen LogP contribution in [0.3, 0.4) is 0 Å². The number of halogens is 8. The summed E-state index contributed by atoms with van der Waals surface area (Å²) in [6, 6.07) is 15.6. The van der Waals surface area contributed by atoms with Crippen molar-refractivity contribution in [3.63, 3.8) is 0 Å². The van der Waals surface area contributed by atoms with Crippen LogP contribution in [0.1, 0.15) is 11.4 Å². The minimum atomic E-state index is -4.66. The molecular weight excluding hydrogens is 572 g/mol. The van der Waals surface area contributed by atoms with Crippen LogP contribution in [0.5, 0.6) is 0 Å². The number of hydrogen-bond donors (Lipinski definition) is 2. The average molecular weight is 590 g/mol. The maximum atomic E-state index is 13.3. The molecule has 0 atom stereocenters. The van der Waals surface area contributed by atoms with Crippen molar-refractivity contribution in [3.05, 3.63) is 115 Å². The van der Waals surface area contributed by atoms with Gasteiger partial charge in [-0.1, -0.05) is 18.2 Å². The predicted octanol–water partition coefficient (Wildman–Crippen LogP) is 7.93. The molecule has 0 radical (unpaired) electrons. The SMILES string of the molecule is Fc1cncc(-c2ccc(Nc3ccccc3)c(C(F)(F)F)n2)c1.Nc1ccc(-c2cncc(F)c2)nc1C(F)(F)F. The monoisotopic (exact) mass is 590 g/mol. The fourth-order valence-corrected chi connectivity index (χ4v) is 3.58. The number of alkyl halides is 6. The lowest BCUT2D eigenvalue weighted by Crippen LogP contribution is -2.12. The third kappa shape index (κ3) is 7.53. The summed E-state index contributed by atoms with van der Waals surface area (Å²) >= 11 is 0. The number of nitrogens with zero attached hydrogens (tertiary/aromatic N) is 4. The quantitative estimate of drug-likeness (QED) is 0.207. The van der Waals surface area contributed by atoms with Gasteiger partial charge in [0.2, 0.25) is 0 Å². The van der Waals surface area contributed by atoms with Crippen molar-refractivity contribution < 1.29 is 35.1 Å². The van der Waals surface area contributed by atoms with E-state index < -0.39 is 41.1 Å². The molecule has 0 saturated heterocycles. The first-order valence-electron chi connectivity index (χ1n) is 11.8. The van der Waals surface area contributed by atoms with E-state index >= 15 is 0 Å². The van der Waals surface area contributed by atoms with E-state index in [1.165, 1.54) is 30.6 Å². The van der Waals surface area contributed by atoms with Crippen molar-refractivity contribution >= 4 is 17.1 Å². The number of nitrogens with two attached hydrogens (primary N) is 1. The average Bonchev–Trinajstić information content (AvgIpc) is 2.93. The Morgan fingerprint density at radius 1 is 0.595 bits per heavy atom. The molecule has 1 aromatic carbocycles. The number of anilines is 3. The third-order valence-electron chi connectivity index (χ3n) is 5.41. The van der Waals surface area contributed by atoms with E-state index in [2.05, 4.69) is 25.3 Å². The molecule has 4 aromatic heterocycles. The van der Waals surface area contributed by atoms with Crippen molar-refractivity contribution in [2.75, 3.05) is 11.1 Å². The van der Waals surface area contributed by atoms with Crippen LogP contribution >= 0.6 is 0 Å². The topological polar surface area (TPSA) is 89.6 Å². The van der Waals surface area contributed by atoms with Gasteiger partial charge in [-0.25, -0.2) is 18.7 Å². The molecule has 5 rings (SSSR count). The number of nitrogens with one attached hydrogen (secondary N) is 1. The zero-order valence-corrected chi connectivity index (χ0v) is 21.1. The predicted molar refractivity (Wildman–Crippen MR) is 139 cm³/mol. The highest BCUT2D eigenvalue weighted by Gasteiger charge is 2.36. The van der Waals surface area contributed by atoms with Gasteiger partial charge in [-0.2, -0.15) is 26.3 Å². The Bertz CT molecular complexity index is 1670. The summed E-state index contributed by atoms with van der Waals surface area (Å²) in [5, 5.41) is 2.70. The van der Waals surface area contributed by atoms with Crippen molar-refractivity contribution in [1.82, 2.24) is 19.9 Å². The van der Waals surface area contributed by atoms with Crippen LogP contribution in [0.2, 0.25) is 0 Å². The second-order valence-electron chi connectivity index (χ2n) is 8.50. The molecule has 0 aliphatic carbocycles. The molecule has 42 heavy (non-hydrogen) atoms. The van der Waals surface area contributed by atoms with Crippen LogP contribution in [0.4, 0.5) is 52.2 Å². The minimum absolute atomic E-state index is 0.00654. The van der Waals surface area contributed by atoms with Crippen LogP contribution in [-0.4, -0.2) is 19.9 Å².